The molecule has 0 unspecified atom stereocenters. The minimum Gasteiger partial charge on any atom is -0.504 e. The topological polar surface area (TPSA) is 79.4 Å². The highest BCUT2D eigenvalue weighted by Crippen LogP contribution is 2.32. The van der Waals surface area contributed by atoms with E-state index >= 15 is 0 Å². The van der Waals surface area contributed by atoms with Gasteiger partial charge in [-0.3, -0.25) is 9.59 Å². The zero-order chi connectivity index (χ0) is 19.6. The number of phenolic OH excluding ortho intramolecular Hbond substituents is 1. The van der Waals surface area contributed by atoms with Crippen molar-refractivity contribution in [2.45, 2.75) is 0 Å². The highest BCUT2D eigenvalue weighted by Gasteiger charge is 2.08. The Morgan fingerprint density at radius 3 is 2.67 bits per heavy atom. The van der Waals surface area contributed by atoms with Gasteiger partial charge in [0, 0.05) is 21.1 Å². The quantitative estimate of drug-likeness (QED) is 0.579. The van der Waals surface area contributed by atoms with Crippen LogP contribution < -0.4 is 19.5 Å². The van der Waals surface area contributed by atoms with E-state index in [9.17, 15) is 14.7 Å². The van der Waals surface area contributed by atoms with Crippen molar-refractivity contribution >= 4 is 56.8 Å². The van der Waals surface area contributed by atoms with Crippen LogP contribution in [0.4, 0.5) is 0 Å². The van der Waals surface area contributed by atoms with E-state index in [1.165, 1.54) is 19.3 Å². The summed E-state index contributed by atoms with van der Waals surface area (Å²) in [6.07, 6.45) is 2.99. The Hall–Kier alpha value is -2.35. The number of carbonyl (C=O) groups excluding carboxylic acids is 1. The zero-order valence-electron chi connectivity index (χ0n) is 14.0. The summed E-state index contributed by atoms with van der Waals surface area (Å²) < 4.78 is 6.53. The van der Waals surface area contributed by atoms with E-state index in [1.54, 1.807) is 36.4 Å². The molecule has 5 nitrogen and oxygen atoms in total. The molecule has 0 radical (unpaired) electrons. The van der Waals surface area contributed by atoms with Gasteiger partial charge >= 0.3 is 0 Å². The van der Waals surface area contributed by atoms with Crippen LogP contribution in [0.15, 0.2) is 45.7 Å². The number of aromatic amines is 1. The molecule has 0 aliphatic rings. The number of H-pyrrole nitrogens is 1. The molecule has 0 saturated heterocycles. The first-order chi connectivity index (χ1) is 12.9. The summed E-state index contributed by atoms with van der Waals surface area (Å²) in [6, 6.07) is 9.61. The first-order valence-electron chi connectivity index (χ1n) is 7.66. The third kappa shape index (κ3) is 4.50. The fourth-order valence-corrected chi connectivity index (χ4v) is 3.76. The number of ether oxygens (including phenoxy) is 1. The number of nitrogens with one attached hydrogen (secondary N) is 1. The molecule has 0 atom stereocenters. The van der Waals surface area contributed by atoms with Gasteiger partial charge in [-0.15, -0.1) is 11.3 Å². The van der Waals surface area contributed by atoms with Crippen molar-refractivity contribution in [3.63, 3.8) is 0 Å². The van der Waals surface area contributed by atoms with Crippen molar-refractivity contribution < 1.29 is 14.6 Å². The van der Waals surface area contributed by atoms with Crippen molar-refractivity contribution in [1.29, 1.82) is 0 Å². The Labute approximate surface area is 171 Å². The van der Waals surface area contributed by atoms with Gasteiger partial charge in [-0.25, -0.2) is 0 Å². The number of aromatic nitrogens is 1. The molecule has 0 fully saturated rings. The number of carbonyl (C=O) groups is 1. The van der Waals surface area contributed by atoms with Gasteiger partial charge in [-0.2, -0.15) is 0 Å². The Morgan fingerprint density at radius 1 is 1.30 bits per heavy atom. The fourth-order valence-electron chi connectivity index (χ4n) is 2.32. The van der Waals surface area contributed by atoms with Crippen LogP contribution in [0, 0.1) is 0 Å². The molecule has 1 aromatic heterocycles. The number of thiazole rings is 1. The number of ketones is 1. The van der Waals surface area contributed by atoms with Crippen LogP contribution in [0.3, 0.4) is 0 Å². The van der Waals surface area contributed by atoms with E-state index in [0.29, 0.717) is 35.6 Å². The van der Waals surface area contributed by atoms with E-state index in [0.717, 1.165) is 11.3 Å². The van der Waals surface area contributed by atoms with E-state index in [1.807, 2.05) is 0 Å². The predicted molar refractivity (Wildman–Crippen MR) is 110 cm³/mol. The molecule has 0 aliphatic heterocycles. The largest absolute Gasteiger partial charge is 0.504 e. The molecular formula is C19H13BrClNO4S. The van der Waals surface area contributed by atoms with Gasteiger partial charge in [-0.05, 0) is 48.0 Å². The predicted octanol–water partition coefficient (Wildman–Crippen LogP) is 3.06. The van der Waals surface area contributed by atoms with Crippen molar-refractivity contribution in [1.82, 2.24) is 4.98 Å². The van der Waals surface area contributed by atoms with Crippen molar-refractivity contribution in [3.05, 3.63) is 76.6 Å². The van der Waals surface area contributed by atoms with Gasteiger partial charge in [0.25, 0.3) is 5.56 Å². The van der Waals surface area contributed by atoms with Crippen LogP contribution in [0.2, 0.25) is 5.02 Å². The first-order valence-corrected chi connectivity index (χ1v) is 9.65. The van der Waals surface area contributed by atoms with Crippen LogP contribution in [-0.4, -0.2) is 23.0 Å². The number of hydrogen-bond donors (Lipinski definition) is 2. The number of phenols is 1. The number of rotatable bonds is 4. The molecule has 0 saturated carbocycles. The molecule has 3 aromatic rings. The maximum absolute atomic E-state index is 12.3. The SMILES string of the molecule is COc1cc(Br)c(/C=c2/s/c(=C\C(=O)c3ccc(Cl)cc3)[nH]c2=O)cc1O. The second-order valence-electron chi connectivity index (χ2n) is 5.49. The van der Waals surface area contributed by atoms with Gasteiger partial charge in [0.05, 0.1) is 16.3 Å². The molecule has 0 amide bonds. The smallest absolute Gasteiger partial charge is 0.266 e. The highest BCUT2D eigenvalue weighted by atomic mass is 79.9. The van der Waals surface area contributed by atoms with Crippen molar-refractivity contribution in [2.24, 2.45) is 0 Å². The Morgan fingerprint density at radius 2 is 2.00 bits per heavy atom. The average Bonchev–Trinajstić information content (AvgIpc) is 2.97. The minimum atomic E-state index is -0.322. The molecule has 138 valence electrons. The van der Waals surface area contributed by atoms with Gasteiger partial charge in [0.2, 0.25) is 0 Å². The average molecular weight is 467 g/mol. The van der Waals surface area contributed by atoms with Gasteiger partial charge in [-0.1, -0.05) is 27.5 Å². The van der Waals surface area contributed by atoms with Crippen LogP contribution in [0.25, 0.3) is 12.2 Å². The lowest BCUT2D eigenvalue weighted by molar-refractivity contribution is 0.106. The number of halogens is 2. The van der Waals surface area contributed by atoms with Crippen LogP contribution in [-0.2, 0) is 0 Å². The molecular weight excluding hydrogens is 454 g/mol. The summed E-state index contributed by atoms with van der Waals surface area (Å²) >= 11 is 10.4. The number of aromatic hydroxyl groups is 1. The Bertz CT molecular complexity index is 1180. The Kier molecular flexibility index (Phi) is 5.84. The van der Waals surface area contributed by atoms with Crippen molar-refractivity contribution in [3.8, 4) is 11.5 Å². The summed E-state index contributed by atoms with van der Waals surface area (Å²) in [5.74, 6) is 0.0466. The highest BCUT2D eigenvalue weighted by molar-refractivity contribution is 9.10. The maximum Gasteiger partial charge on any atom is 0.266 e. The minimum absolute atomic E-state index is 0.0374. The van der Waals surface area contributed by atoms with Gasteiger partial charge < -0.3 is 14.8 Å². The number of methoxy groups -OCH3 is 1. The van der Waals surface area contributed by atoms with E-state index in [2.05, 4.69) is 20.9 Å². The second kappa shape index (κ2) is 8.12. The zero-order valence-corrected chi connectivity index (χ0v) is 17.1. The molecule has 8 heteroatoms. The number of Topliss-reactive ketones (excluding diaryl/α,β-unsaturated/α-hetero) is 1. The van der Waals surface area contributed by atoms with Crippen LogP contribution in [0.1, 0.15) is 15.9 Å². The monoisotopic (exact) mass is 465 g/mol. The molecule has 0 spiro atoms. The second-order valence-corrected chi connectivity index (χ2v) is 7.86. The summed E-state index contributed by atoms with van der Waals surface area (Å²) in [5, 5.41) is 10.5. The van der Waals surface area contributed by atoms with E-state index in [4.69, 9.17) is 16.3 Å². The van der Waals surface area contributed by atoms with Crippen LogP contribution in [0.5, 0.6) is 11.5 Å². The molecule has 2 aromatic carbocycles. The molecule has 2 N–H and O–H groups in total. The normalized spacial score (nSPS) is 12.4. The lowest BCUT2D eigenvalue weighted by Gasteiger charge is -2.05. The lowest BCUT2D eigenvalue weighted by atomic mass is 10.1. The standard InChI is InChI=1S/C19H13BrClNO4S/c1-26-16-8-13(20)11(6-15(16)24)7-17-19(25)22-18(27-17)9-14(23)10-2-4-12(21)5-3-10/h2-9,24H,1H3,(H,22,25)/b17-7+,18-9-. The molecule has 0 aliphatic carbocycles. The molecule has 3 rings (SSSR count). The lowest BCUT2D eigenvalue weighted by Crippen LogP contribution is -2.20. The van der Waals surface area contributed by atoms with E-state index in [-0.39, 0.29) is 17.1 Å². The summed E-state index contributed by atoms with van der Waals surface area (Å²) in [6.45, 7) is 0. The Balaban J connectivity index is 2.01. The molecule has 0 bridgehead atoms. The van der Waals surface area contributed by atoms with Gasteiger partial charge in [0.15, 0.2) is 17.3 Å². The molecule has 27 heavy (non-hydrogen) atoms. The first kappa shape index (κ1) is 19.4. The number of hydrogen-bond acceptors (Lipinski definition) is 5. The van der Waals surface area contributed by atoms with Crippen LogP contribution >= 0.6 is 38.9 Å². The summed E-state index contributed by atoms with van der Waals surface area (Å²) in [7, 11) is 1.45. The molecule has 1 heterocycles. The van der Waals surface area contributed by atoms with E-state index < -0.39 is 0 Å². The maximum atomic E-state index is 12.3. The van der Waals surface area contributed by atoms with Crippen molar-refractivity contribution in [2.75, 3.05) is 7.11 Å². The van der Waals surface area contributed by atoms with Gasteiger partial charge in [0.1, 0.15) is 0 Å². The third-order valence-corrected chi connectivity index (χ3v) is 5.56. The summed E-state index contributed by atoms with van der Waals surface area (Å²) in [5.41, 5.74) is 0.760. The number of benzene rings is 2. The fraction of sp³-hybridized carbons (Fsp3) is 0.0526. The third-order valence-electron chi connectivity index (χ3n) is 3.66. The summed E-state index contributed by atoms with van der Waals surface area (Å²) in [4.78, 5) is 27.2.